The number of aryl methyl sites for hydroxylation is 1. The van der Waals surface area contributed by atoms with Gasteiger partial charge in [0.2, 0.25) is 0 Å². The van der Waals surface area contributed by atoms with E-state index in [1.807, 2.05) is 0 Å². The topological polar surface area (TPSA) is 58.9 Å². The monoisotopic (exact) mass is 286 g/mol. The van der Waals surface area contributed by atoms with Crippen molar-refractivity contribution in [3.63, 3.8) is 0 Å². The van der Waals surface area contributed by atoms with Crippen LogP contribution in [-0.2, 0) is 19.1 Å². The maximum absolute atomic E-state index is 4.32. The first-order valence-electron chi connectivity index (χ1n) is 7.35. The van der Waals surface area contributed by atoms with E-state index in [4.69, 9.17) is 0 Å². The number of hydrogen-bond donors (Lipinski definition) is 1. The minimum absolute atomic E-state index is 0.0625. The maximum Gasteiger partial charge on any atom is 0.188 e. The van der Waals surface area contributed by atoms with Gasteiger partial charge < -0.3 is 5.32 Å². The molecule has 0 radical (unpaired) electrons. The van der Waals surface area contributed by atoms with Gasteiger partial charge in [0, 0.05) is 19.1 Å². The second kappa shape index (κ2) is 5.54. The molecule has 0 amide bonds. The molecule has 6 nitrogen and oxygen atoms in total. The Morgan fingerprint density at radius 1 is 1.33 bits per heavy atom. The van der Waals surface area contributed by atoms with Gasteiger partial charge in [0.1, 0.15) is 0 Å². The Hall–Kier alpha value is -1.79. The molecule has 0 aliphatic carbocycles. The van der Waals surface area contributed by atoms with E-state index < -0.39 is 0 Å². The fraction of sp³-hybridized carbons (Fsp3) is 0.533. The Labute approximate surface area is 125 Å². The summed E-state index contributed by atoms with van der Waals surface area (Å²) in [7, 11) is 1.80. The molecule has 1 N–H and O–H groups in total. The van der Waals surface area contributed by atoms with E-state index in [0.29, 0.717) is 12.6 Å². The Morgan fingerprint density at radius 2 is 2.10 bits per heavy atom. The van der Waals surface area contributed by atoms with Gasteiger partial charge in [0.15, 0.2) is 5.82 Å². The molecule has 1 aromatic heterocycles. The number of piperazine rings is 1. The van der Waals surface area contributed by atoms with Crippen LogP contribution in [0.1, 0.15) is 25.2 Å². The molecule has 2 atom stereocenters. The SMILES string of the molecule is CC1CN(Cc2nnn(C)n2)C(C)(c2ccccc2)CN1. The average Bonchev–Trinajstić information content (AvgIpc) is 2.89. The van der Waals surface area contributed by atoms with Crippen molar-refractivity contribution >= 4 is 0 Å². The molecule has 0 bridgehead atoms. The van der Waals surface area contributed by atoms with E-state index in [1.54, 1.807) is 7.05 Å². The Morgan fingerprint density at radius 3 is 2.76 bits per heavy atom. The lowest BCUT2D eigenvalue weighted by Crippen LogP contribution is -2.60. The van der Waals surface area contributed by atoms with Crippen molar-refractivity contribution in [2.45, 2.75) is 32.0 Å². The van der Waals surface area contributed by atoms with Crippen LogP contribution in [-0.4, -0.2) is 44.2 Å². The standard InChI is InChI=1S/C15H22N6/c1-12-9-21(10-14-17-19-20(3)18-14)15(2,11-16-12)13-7-5-4-6-8-13/h4-8,12,16H,9-11H2,1-3H3. The molecule has 2 aromatic rings. The summed E-state index contributed by atoms with van der Waals surface area (Å²) in [5.74, 6) is 0.772. The van der Waals surface area contributed by atoms with Crippen LogP contribution in [0.4, 0.5) is 0 Å². The molecule has 21 heavy (non-hydrogen) atoms. The summed E-state index contributed by atoms with van der Waals surface area (Å²) in [4.78, 5) is 3.96. The van der Waals surface area contributed by atoms with Gasteiger partial charge in [-0.3, -0.25) is 4.90 Å². The predicted molar refractivity (Wildman–Crippen MR) is 80.5 cm³/mol. The predicted octanol–water partition coefficient (Wildman–Crippen LogP) is 0.919. The number of rotatable bonds is 3. The molecule has 1 aromatic carbocycles. The summed E-state index contributed by atoms with van der Waals surface area (Å²) in [6.07, 6.45) is 0. The summed E-state index contributed by atoms with van der Waals surface area (Å²) in [5.41, 5.74) is 1.25. The van der Waals surface area contributed by atoms with Crippen molar-refractivity contribution < 1.29 is 0 Å². The van der Waals surface area contributed by atoms with Crippen molar-refractivity contribution in [2.75, 3.05) is 13.1 Å². The van der Waals surface area contributed by atoms with Crippen LogP contribution in [0.3, 0.4) is 0 Å². The fourth-order valence-electron chi connectivity index (χ4n) is 2.96. The van der Waals surface area contributed by atoms with Gasteiger partial charge >= 0.3 is 0 Å². The van der Waals surface area contributed by atoms with E-state index in [2.05, 4.69) is 69.8 Å². The number of tetrazole rings is 1. The van der Waals surface area contributed by atoms with Crippen molar-refractivity contribution in [1.82, 2.24) is 30.4 Å². The Bertz CT molecular complexity index is 595. The summed E-state index contributed by atoms with van der Waals surface area (Å²) in [6.45, 7) is 7.08. The van der Waals surface area contributed by atoms with Crippen LogP contribution in [0.5, 0.6) is 0 Å². The number of hydrogen-bond acceptors (Lipinski definition) is 5. The second-order valence-corrected chi connectivity index (χ2v) is 6.00. The van der Waals surface area contributed by atoms with Gasteiger partial charge in [0.25, 0.3) is 0 Å². The van der Waals surface area contributed by atoms with Gasteiger partial charge in [0.05, 0.1) is 19.1 Å². The lowest BCUT2D eigenvalue weighted by atomic mass is 9.87. The Kier molecular flexibility index (Phi) is 3.73. The molecular formula is C15H22N6. The molecule has 0 spiro atoms. The molecular weight excluding hydrogens is 264 g/mol. The molecule has 1 aliphatic heterocycles. The van der Waals surface area contributed by atoms with E-state index >= 15 is 0 Å². The highest BCUT2D eigenvalue weighted by Gasteiger charge is 2.38. The first-order valence-corrected chi connectivity index (χ1v) is 7.35. The third kappa shape index (κ3) is 2.82. The average molecular weight is 286 g/mol. The van der Waals surface area contributed by atoms with Crippen molar-refractivity contribution in [2.24, 2.45) is 7.05 Å². The molecule has 0 saturated carbocycles. The summed E-state index contributed by atoms with van der Waals surface area (Å²) < 4.78 is 0. The normalized spacial score (nSPS) is 26.9. The van der Waals surface area contributed by atoms with Gasteiger partial charge in [-0.2, -0.15) is 4.80 Å². The largest absolute Gasteiger partial charge is 0.311 e. The zero-order valence-corrected chi connectivity index (χ0v) is 12.8. The number of aromatic nitrogens is 4. The molecule has 1 aliphatic rings. The fourth-order valence-corrected chi connectivity index (χ4v) is 2.96. The summed E-state index contributed by atoms with van der Waals surface area (Å²) in [5, 5.41) is 16.0. The highest BCUT2D eigenvalue weighted by molar-refractivity contribution is 5.25. The minimum atomic E-state index is -0.0625. The number of benzene rings is 1. The molecule has 1 saturated heterocycles. The third-order valence-corrected chi connectivity index (χ3v) is 4.26. The lowest BCUT2D eigenvalue weighted by molar-refractivity contribution is 0.0434. The zero-order chi connectivity index (χ0) is 14.9. The smallest absolute Gasteiger partial charge is 0.188 e. The van der Waals surface area contributed by atoms with E-state index in [9.17, 15) is 0 Å². The van der Waals surface area contributed by atoms with Crippen LogP contribution in [0.15, 0.2) is 30.3 Å². The molecule has 1 fully saturated rings. The summed E-state index contributed by atoms with van der Waals surface area (Å²) >= 11 is 0. The van der Waals surface area contributed by atoms with Gasteiger partial charge in [-0.05, 0) is 24.6 Å². The van der Waals surface area contributed by atoms with Crippen molar-refractivity contribution in [1.29, 1.82) is 0 Å². The summed E-state index contributed by atoms with van der Waals surface area (Å²) in [6, 6.07) is 11.1. The molecule has 6 heteroatoms. The van der Waals surface area contributed by atoms with Gasteiger partial charge in [-0.1, -0.05) is 30.3 Å². The minimum Gasteiger partial charge on any atom is -0.311 e. The molecule has 3 rings (SSSR count). The zero-order valence-electron chi connectivity index (χ0n) is 12.8. The van der Waals surface area contributed by atoms with Crippen LogP contribution in [0.2, 0.25) is 0 Å². The lowest BCUT2D eigenvalue weighted by Gasteiger charge is -2.47. The highest BCUT2D eigenvalue weighted by Crippen LogP contribution is 2.31. The Balaban J connectivity index is 1.89. The van der Waals surface area contributed by atoms with E-state index in [0.717, 1.165) is 18.9 Å². The number of nitrogens with one attached hydrogen (secondary N) is 1. The van der Waals surface area contributed by atoms with E-state index in [1.165, 1.54) is 10.4 Å². The van der Waals surface area contributed by atoms with Crippen LogP contribution < -0.4 is 5.32 Å². The quantitative estimate of drug-likeness (QED) is 0.909. The first-order chi connectivity index (χ1) is 10.1. The molecule has 112 valence electrons. The van der Waals surface area contributed by atoms with Crippen molar-refractivity contribution in [3.05, 3.63) is 41.7 Å². The van der Waals surface area contributed by atoms with Gasteiger partial charge in [-0.15, -0.1) is 10.2 Å². The second-order valence-electron chi connectivity index (χ2n) is 6.00. The van der Waals surface area contributed by atoms with Crippen LogP contribution >= 0.6 is 0 Å². The number of nitrogens with zero attached hydrogens (tertiary/aromatic N) is 5. The molecule has 2 unspecified atom stereocenters. The third-order valence-electron chi connectivity index (χ3n) is 4.26. The van der Waals surface area contributed by atoms with Gasteiger partial charge in [-0.25, -0.2) is 0 Å². The van der Waals surface area contributed by atoms with Crippen LogP contribution in [0.25, 0.3) is 0 Å². The maximum atomic E-state index is 4.32. The first kappa shape index (κ1) is 14.2. The van der Waals surface area contributed by atoms with Crippen LogP contribution in [0, 0.1) is 0 Å². The molecule has 2 heterocycles. The highest BCUT2D eigenvalue weighted by atomic mass is 15.6. The van der Waals surface area contributed by atoms with E-state index in [-0.39, 0.29) is 5.54 Å². The van der Waals surface area contributed by atoms with Crippen molar-refractivity contribution in [3.8, 4) is 0 Å².